The molecule has 0 spiro atoms. The molecular formula is C15H15ClFN3O. The van der Waals surface area contributed by atoms with Crippen molar-refractivity contribution in [1.82, 2.24) is 10.3 Å². The van der Waals surface area contributed by atoms with Crippen molar-refractivity contribution in [2.75, 3.05) is 12.4 Å². The van der Waals surface area contributed by atoms with Gasteiger partial charge in [-0.3, -0.25) is 9.78 Å². The number of anilines is 1. The number of rotatable bonds is 4. The Kier molecular flexibility index (Phi) is 4.75. The van der Waals surface area contributed by atoms with E-state index < -0.39 is 0 Å². The van der Waals surface area contributed by atoms with E-state index in [9.17, 15) is 9.18 Å². The zero-order chi connectivity index (χ0) is 15.4. The van der Waals surface area contributed by atoms with Gasteiger partial charge in [0.15, 0.2) is 0 Å². The fourth-order valence-corrected chi connectivity index (χ4v) is 2.09. The van der Waals surface area contributed by atoms with Crippen molar-refractivity contribution in [2.24, 2.45) is 0 Å². The summed E-state index contributed by atoms with van der Waals surface area (Å²) in [5, 5.41) is 6.12. The Balaban J connectivity index is 2.19. The summed E-state index contributed by atoms with van der Waals surface area (Å²) in [6.07, 6.45) is 1.17. The molecule has 0 aliphatic heterocycles. The summed E-state index contributed by atoms with van der Waals surface area (Å²) in [6, 6.07) is 7.93. The van der Waals surface area contributed by atoms with Crippen LogP contribution in [0.2, 0.25) is 5.02 Å². The SMILES string of the molecule is CNC(=O)c1cc(NC(C)c2ccc(F)cn2)ccc1Cl. The highest BCUT2D eigenvalue weighted by Gasteiger charge is 2.12. The maximum absolute atomic E-state index is 12.9. The van der Waals surface area contributed by atoms with Crippen molar-refractivity contribution >= 4 is 23.2 Å². The van der Waals surface area contributed by atoms with Crippen molar-refractivity contribution < 1.29 is 9.18 Å². The Bertz CT molecular complexity index is 646. The number of carbonyl (C=O) groups excluding carboxylic acids is 1. The van der Waals surface area contributed by atoms with E-state index in [-0.39, 0.29) is 17.8 Å². The molecule has 1 unspecified atom stereocenters. The van der Waals surface area contributed by atoms with Gasteiger partial charge in [0.25, 0.3) is 5.91 Å². The predicted octanol–water partition coefficient (Wildman–Crippen LogP) is 3.41. The lowest BCUT2D eigenvalue weighted by atomic mass is 10.1. The van der Waals surface area contributed by atoms with E-state index in [1.165, 1.54) is 12.3 Å². The first kappa shape index (κ1) is 15.3. The Morgan fingerprint density at radius 1 is 1.33 bits per heavy atom. The molecule has 0 radical (unpaired) electrons. The molecule has 110 valence electrons. The Morgan fingerprint density at radius 2 is 2.10 bits per heavy atom. The van der Waals surface area contributed by atoms with Gasteiger partial charge in [-0.2, -0.15) is 0 Å². The summed E-state index contributed by atoms with van der Waals surface area (Å²) >= 11 is 6.00. The lowest BCUT2D eigenvalue weighted by molar-refractivity contribution is 0.0963. The molecule has 6 heteroatoms. The van der Waals surface area contributed by atoms with Gasteiger partial charge in [0.1, 0.15) is 5.82 Å². The molecule has 0 aliphatic rings. The number of benzene rings is 1. The smallest absolute Gasteiger partial charge is 0.252 e. The number of nitrogens with one attached hydrogen (secondary N) is 2. The maximum atomic E-state index is 12.9. The Hall–Kier alpha value is -2.14. The lowest BCUT2D eigenvalue weighted by Gasteiger charge is -2.16. The fraction of sp³-hybridized carbons (Fsp3) is 0.200. The number of amides is 1. The van der Waals surface area contributed by atoms with Gasteiger partial charge in [-0.25, -0.2) is 4.39 Å². The molecular weight excluding hydrogens is 293 g/mol. The van der Waals surface area contributed by atoms with Crippen LogP contribution in [-0.4, -0.2) is 17.9 Å². The van der Waals surface area contributed by atoms with E-state index in [0.29, 0.717) is 16.3 Å². The molecule has 0 saturated carbocycles. The first-order valence-corrected chi connectivity index (χ1v) is 6.78. The monoisotopic (exact) mass is 307 g/mol. The molecule has 1 aromatic heterocycles. The number of halogens is 2. The molecule has 2 N–H and O–H groups in total. The second-order valence-corrected chi connectivity index (χ2v) is 4.95. The first-order valence-electron chi connectivity index (χ1n) is 6.41. The van der Waals surface area contributed by atoms with Crippen LogP contribution < -0.4 is 10.6 Å². The Labute approximate surface area is 127 Å². The second kappa shape index (κ2) is 6.54. The number of pyridine rings is 1. The molecule has 0 fully saturated rings. The fourth-order valence-electron chi connectivity index (χ4n) is 1.89. The van der Waals surface area contributed by atoms with Crippen molar-refractivity contribution in [3.63, 3.8) is 0 Å². The van der Waals surface area contributed by atoms with E-state index in [2.05, 4.69) is 15.6 Å². The summed E-state index contributed by atoms with van der Waals surface area (Å²) in [7, 11) is 1.55. The highest BCUT2D eigenvalue weighted by Crippen LogP contribution is 2.23. The number of aromatic nitrogens is 1. The van der Waals surface area contributed by atoms with Gasteiger partial charge in [-0.15, -0.1) is 0 Å². The largest absolute Gasteiger partial charge is 0.377 e. The van der Waals surface area contributed by atoms with Crippen LogP contribution in [-0.2, 0) is 0 Å². The van der Waals surface area contributed by atoms with Gasteiger partial charge >= 0.3 is 0 Å². The maximum Gasteiger partial charge on any atom is 0.252 e. The molecule has 1 atom stereocenters. The normalized spacial score (nSPS) is 11.8. The summed E-state index contributed by atoms with van der Waals surface area (Å²) in [5.74, 6) is -0.629. The Morgan fingerprint density at radius 3 is 2.71 bits per heavy atom. The second-order valence-electron chi connectivity index (χ2n) is 4.54. The van der Waals surface area contributed by atoms with E-state index in [0.717, 1.165) is 5.69 Å². The molecule has 2 rings (SSSR count). The average Bonchev–Trinajstić information content (AvgIpc) is 2.49. The van der Waals surface area contributed by atoms with Gasteiger partial charge < -0.3 is 10.6 Å². The van der Waals surface area contributed by atoms with Gasteiger partial charge in [-0.1, -0.05) is 11.6 Å². The number of hydrogen-bond acceptors (Lipinski definition) is 3. The highest BCUT2D eigenvalue weighted by molar-refractivity contribution is 6.34. The van der Waals surface area contributed by atoms with E-state index in [4.69, 9.17) is 11.6 Å². The molecule has 0 bridgehead atoms. The highest BCUT2D eigenvalue weighted by atomic mass is 35.5. The minimum Gasteiger partial charge on any atom is -0.377 e. The molecule has 2 aromatic rings. The number of hydrogen-bond donors (Lipinski definition) is 2. The van der Waals surface area contributed by atoms with Gasteiger partial charge in [-0.05, 0) is 37.3 Å². The standard InChI is InChI=1S/C15H15ClFN3O/c1-9(14-6-3-10(17)8-19-14)20-11-4-5-13(16)12(7-11)15(21)18-2/h3-9,20H,1-2H3,(H,18,21). The third kappa shape index (κ3) is 3.70. The summed E-state index contributed by atoms with van der Waals surface area (Å²) in [6.45, 7) is 1.90. The predicted molar refractivity (Wildman–Crippen MR) is 81.1 cm³/mol. The van der Waals surface area contributed by atoms with Crippen LogP contribution in [0, 0.1) is 5.82 Å². The van der Waals surface area contributed by atoms with Crippen LogP contribution in [0.3, 0.4) is 0 Å². The summed E-state index contributed by atoms with van der Waals surface area (Å²) in [5.41, 5.74) is 1.83. The number of carbonyl (C=O) groups is 1. The molecule has 21 heavy (non-hydrogen) atoms. The molecule has 1 heterocycles. The van der Waals surface area contributed by atoms with Gasteiger partial charge in [0.05, 0.1) is 28.5 Å². The zero-order valence-electron chi connectivity index (χ0n) is 11.7. The quantitative estimate of drug-likeness (QED) is 0.910. The van der Waals surface area contributed by atoms with Crippen LogP contribution in [0.4, 0.5) is 10.1 Å². The topological polar surface area (TPSA) is 54.0 Å². The van der Waals surface area contributed by atoms with E-state index >= 15 is 0 Å². The van der Waals surface area contributed by atoms with Crippen molar-refractivity contribution in [2.45, 2.75) is 13.0 Å². The third-order valence-corrected chi connectivity index (χ3v) is 3.34. The third-order valence-electron chi connectivity index (χ3n) is 3.02. The lowest BCUT2D eigenvalue weighted by Crippen LogP contribution is -2.18. The van der Waals surface area contributed by atoms with E-state index in [1.54, 1.807) is 31.3 Å². The molecule has 1 amide bonds. The summed E-state index contributed by atoms with van der Waals surface area (Å²) < 4.78 is 12.9. The zero-order valence-corrected chi connectivity index (χ0v) is 12.4. The van der Waals surface area contributed by atoms with Crippen molar-refractivity contribution in [1.29, 1.82) is 0 Å². The summed E-state index contributed by atoms with van der Waals surface area (Å²) in [4.78, 5) is 15.7. The van der Waals surface area contributed by atoms with Crippen molar-refractivity contribution in [3.05, 3.63) is 58.6 Å². The molecule has 0 saturated heterocycles. The minimum absolute atomic E-state index is 0.135. The first-order chi connectivity index (χ1) is 10.0. The molecule has 1 aromatic carbocycles. The van der Waals surface area contributed by atoms with Crippen molar-refractivity contribution in [3.8, 4) is 0 Å². The van der Waals surface area contributed by atoms with Crippen LogP contribution in [0.25, 0.3) is 0 Å². The van der Waals surface area contributed by atoms with Crippen LogP contribution in [0.5, 0.6) is 0 Å². The molecule has 0 aliphatic carbocycles. The van der Waals surface area contributed by atoms with E-state index in [1.807, 2.05) is 6.92 Å². The van der Waals surface area contributed by atoms with Crippen LogP contribution >= 0.6 is 11.6 Å². The minimum atomic E-state index is -0.376. The van der Waals surface area contributed by atoms with Crippen LogP contribution in [0.15, 0.2) is 36.5 Å². The van der Waals surface area contributed by atoms with Crippen LogP contribution in [0.1, 0.15) is 29.0 Å². The molecule has 4 nitrogen and oxygen atoms in total. The average molecular weight is 308 g/mol. The number of nitrogens with zero attached hydrogens (tertiary/aromatic N) is 1. The van der Waals surface area contributed by atoms with Gasteiger partial charge in [0.2, 0.25) is 0 Å². The van der Waals surface area contributed by atoms with Gasteiger partial charge in [0, 0.05) is 12.7 Å².